The van der Waals surface area contributed by atoms with Crippen LogP contribution in [-0.4, -0.2) is 48.0 Å². The number of carbonyl (C=O) groups excluding carboxylic acids is 1. The molecule has 0 bridgehead atoms. The second kappa shape index (κ2) is 12.5. The SMILES string of the molecule is CCOP(=O)(OCC)c1ccc(C2CCCCN2Cc2c(OC)cc(C)c3c2ccn3C(=O)OC(C)(C)C)cc1. The molecular weight excluding hydrogens is 527 g/mol. The van der Waals surface area contributed by atoms with E-state index in [1.54, 1.807) is 17.9 Å². The van der Waals surface area contributed by atoms with Crippen molar-refractivity contribution >= 4 is 29.9 Å². The summed E-state index contributed by atoms with van der Waals surface area (Å²) in [5, 5.41) is 1.56. The van der Waals surface area contributed by atoms with E-state index in [9.17, 15) is 9.36 Å². The van der Waals surface area contributed by atoms with E-state index in [1.807, 2.05) is 77.9 Å². The number of aryl methyl sites for hydroxylation is 1. The van der Waals surface area contributed by atoms with Crippen LogP contribution in [0.3, 0.4) is 0 Å². The Morgan fingerprint density at radius 2 is 1.73 bits per heavy atom. The number of likely N-dealkylation sites (tertiary alicyclic amines) is 1. The highest BCUT2D eigenvalue weighted by atomic mass is 31.2. The van der Waals surface area contributed by atoms with Gasteiger partial charge in [-0.3, -0.25) is 14.0 Å². The number of piperidine rings is 1. The Bertz CT molecular complexity index is 1370. The van der Waals surface area contributed by atoms with Crippen LogP contribution in [0.25, 0.3) is 10.9 Å². The minimum atomic E-state index is -3.33. The van der Waals surface area contributed by atoms with Crippen molar-refractivity contribution in [1.82, 2.24) is 9.47 Å². The van der Waals surface area contributed by atoms with Crippen molar-refractivity contribution in [3.63, 3.8) is 0 Å². The van der Waals surface area contributed by atoms with Gasteiger partial charge in [0.1, 0.15) is 11.4 Å². The first kappa shape index (κ1) is 30.3. The van der Waals surface area contributed by atoms with Gasteiger partial charge in [-0.25, -0.2) is 4.79 Å². The Kier molecular flexibility index (Phi) is 9.46. The zero-order valence-corrected chi connectivity index (χ0v) is 25.8. The van der Waals surface area contributed by atoms with Crippen molar-refractivity contribution in [2.45, 2.75) is 79.0 Å². The van der Waals surface area contributed by atoms with E-state index in [1.165, 1.54) is 0 Å². The largest absolute Gasteiger partial charge is 0.496 e. The fourth-order valence-electron chi connectivity index (χ4n) is 5.54. The summed E-state index contributed by atoms with van der Waals surface area (Å²) in [5.74, 6) is 0.806. The number of ether oxygens (including phenoxy) is 2. The third-order valence-electron chi connectivity index (χ3n) is 7.21. The molecular formula is C31H43N2O6P. The molecule has 0 saturated carbocycles. The first-order valence-corrected chi connectivity index (χ1v) is 15.7. The molecule has 1 atom stereocenters. The molecule has 3 aromatic rings. The van der Waals surface area contributed by atoms with Gasteiger partial charge in [0.25, 0.3) is 0 Å². The number of hydrogen-bond donors (Lipinski definition) is 0. The van der Waals surface area contributed by atoms with E-state index in [0.717, 1.165) is 59.2 Å². The Labute approximate surface area is 238 Å². The average Bonchev–Trinajstić information content (AvgIpc) is 3.36. The molecule has 1 aliphatic rings. The minimum absolute atomic E-state index is 0.190. The zero-order chi connectivity index (χ0) is 29.1. The molecule has 9 heteroatoms. The molecule has 0 radical (unpaired) electrons. The Morgan fingerprint density at radius 1 is 1.05 bits per heavy atom. The van der Waals surface area contributed by atoms with Gasteiger partial charge in [-0.15, -0.1) is 0 Å². The Hall–Kier alpha value is -2.64. The van der Waals surface area contributed by atoms with E-state index in [0.29, 0.717) is 25.1 Å². The fourth-order valence-corrected chi connectivity index (χ4v) is 7.10. The lowest BCUT2D eigenvalue weighted by atomic mass is 9.94. The summed E-state index contributed by atoms with van der Waals surface area (Å²) in [7, 11) is -1.64. The van der Waals surface area contributed by atoms with Crippen LogP contribution in [-0.2, 0) is 24.9 Å². The maximum absolute atomic E-state index is 13.3. The number of hydrogen-bond acceptors (Lipinski definition) is 7. The molecule has 1 unspecified atom stereocenters. The van der Waals surface area contributed by atoms with Crippen LogP contribution in [0.1, 0.15) is 76.6 Å². The van der Waals surface area contributed by atoms with Crippen molar-refractivity contribution in [3.8, 4) is 5.75 Å². The van der Waals surface area contributed by atoms with Crippen LogP contribution in [0.15, 0.2) is 42.6 Å². The van der Waals surface area contributed by atoms with Crippen LogP contribution in [0, 0.1) is 6.92 Å². The van der Waals surface area contributed by atoms with Crippen molar-refractivity contribution in [1.29, 1.82) is 0 Å². The lowest BCUT2D eigenvalue weighted by molar-refractivity contribution is 0.0544. The standard InChI is InChI=1S/C31H43N2O6P/c1-8-37-40(35,38-9-2)24-15-13-23(14-16-24)27-12-10-11-18-32(27)21-26-25-17-19-33(30(34)39-31(4,5)6)29(25)22(3)20-28(26)36-7/h13-17,19-20,27H,8-12,18,21H2,1-7H3. The number of carbonyl (C=O) groups is 1. The molecule has 0 amide bonds. The van der Waals surface area contributed by atoms with Crippen molar-refractivity contribution in [3.05, 3.63) is 59.3 Å². The van der Waals surface area contributed by atoms with E-state index in [-0.39, 0.29) is 6.04 Å². The molecule has 0 N–H and O–H groups in total. The van der Waals surface area contributed by atoms with Gasteiger partial charge < -0.3 is 18.5 Å². The number of benzene rings is 2. The number of aromatic nitrogens is 1. The molecule has 218 valence electrons. The van der Waals surface area contributed by atoms with Gasteiger partial charge in [0, 0.05) is 29.7 Å². The normalized spacial score (nSPS) is 16.8. The second-order valence-electron chi connectivity index (χ2n) is 11.2. The van der Waals surface area contributed by atoms with Gasteiger partial charge in [-0.1, -0.05) is 18.6 Å². The topological polar surface area (TPSA) is 79.2 Å². The lowest BCUT2D eigenvalue weighted by Crippen LogP contribution is -2.33. The fraction of sp³-hybridized carbons (Fsp3) is 0.516. The number of fused-ring (bicyclic) bond motifs is 1. The summed E-state index contributed by atoms with van der Waals surface area (Å²) in [6, 6.07) is 12.0. The molecule has 1 fully saturated rings. The number of nitrogens with zero attached hydrogens (tertiary/aromatic N) is 2. The third kappa shape index (κ3) is 6.46. The van der Waals surface area contributed by atoms with Crippen LogP contribution in [0.5, 0.6) is 5.75 Å². The average molecular weight is 571 g/mol. The maximum atomic E-state index is 13.3. The molecule has 1 aliphatic heterocycles. The van der Waals surface area contributed by atoms with Crippen LogP contribution >= 0.6 is 7.60 Å². The van der Waals surface area contributed by atoms with Crippen molar-refractivity contribution in [2.24, 2.45) is 0 Å². The number of methoxy groups -OCH3 is 1. The van der Waals surface area contributed by atoms with Crippen LogP contribution < -0.4 is 10.0 Å². The van der Waals surface area contributed by atoms with Crippen molar-refractivity contribution in [2.75, 3.05) is 26.9 Å². The van der Waals surface area contributed by atoms with E-state index >= 15 is 0 Å². The van der Waals surface area contributed by atoms with Crippen LogP contribution in [0.2, 0.25) is 0 Å². The van der Waals surface area contributed by atoms with E-state index < -0.39 is 19.3 Å². The van der Waals surface area contributed by atoms with Gasteiger partial charge in [0.2, 0.25) is 0 Å². The summed E-state index contributed by atoms with van der Waals surface area (Å²) in [6.07, 6.45) is 4.65. The zero-order valence-electron chi connectivity index (χ0n) is 24.9. The predicted octanol–water partition coefficient (Wildman–Crippen LogP) is 7.36. The van der Waals surface area contributed by atoms with Gasteiger partial charge in [-0.2, -0.15) is 0 Å². The summed E-state index contributed by atoms with van der Waals surface area (Å²) >= 11 is 0. The smallest absolute Gasteiger partial charge is 0.419 e. The minimum Gasteiger partial charge on any atom is -0.496 e. The molecule has 0 aliphatic carbocycles. The molecule has 8 nitrogen and oxygen atoms in total. The van der Waals surface area contributed by atoms with Gasteiger partial charge in [0.05, 0.1) is 31.1 Å². The van der Waals surface area contributed by atoms with Crippen LogP contribution in [0.4, 0.5) is 4.79 Å². The molecule has 1 saturated heterocycles. The quantitative estimate of drug-likeness (QED) is 0.249. The molecule has 2 heterocycles. The highest BCUT2D eigenvalue weighted by Crippen LogP contribution is 2.47. The first-order valence-electron chi connectivity index (χ1n) is 14.2. The predicted molar refractivity (Wildman–Crippen MR) is 159 cm³/mol. The van der Waals surface area contributed by atoms with Gasteiger partial charge in [0.15, 0.2) is 0 Å². The maximum Gasteiger partial charge on any atom is 0.419 e. The molecule has 2 aromatic carbocycles. The molecule has 40 heavy (non-hydrogen) atoms. The van der Waals surface area contributed by atoms with Crippen molar-refractivity contribution < 1.29 is 27.9 Å². The highest BCUT2D eigenvalue weighted by molar-refractivity contribution is 7.62. The Balaban J connectivity index is 1.68. The first-order chi connectivity index (χ1) is 19.0. The van der Waals surface area contributed by atoms with Gasteiger partial charge in [-0.05, 0) is 96.3 Å². The molecule has 4 rings (SSSR count). The summed E-state index contributed by atoms with van der Waals surface area (Å²) < 4.78 is 37.5. The second-order valence-corrected chi connectivity index (χ2v) is 13.2. The molecule has 1 aromatic heterocycles. The molecule has 0 spiro atoms. The number of rotatable bonds is 9. The third-order valence-corrected chi connectivity index (χ3v) is 9.33. The van der Waals surface area contributed by atoms with E-state index in [4.69, 9.17) is 18.5 Å². The highest BCUT2D eigenvalue weighted by Gasteiger charge is 2.30. The van der Waals surface area contributed by atoms with E-state index in [2.05, 4.69) is 4.90 Å². The summed E-state index contributed by atoms with van der Waals surface area (Å²) in [5.41, 5.74) is 3.41. The lowest BCUT2D eigenvalue weighted by Gasteiger charge is -2.36. The Morgan fingerprint density at radius 3 is 2.33 bits per heavy atom. The monoisotopic (exact) mass is 570 g/mol. The van der Waals surface area contributed by atoms with Gasteiger partial charge >= 0.3 is 13.7 Å². The summed E-state index contributed by atoms with van der Waals surface area (Å²) in [6.45, 7) is 13.5. The summed E-state index contributed by atoms with van der Waals surface area (Å²) in [4.78, 5) is 15.5.